The fraction of sp³-hybridized carbons (Fsp3) is 0.533. The highest BCUT2D eigenvalue weighted by Gasteiger charge is 2.44. The molecule has 1 heterocycles. The van der Waals surface area contributed by atoms with Crippen LogP contribution in [0.25, 0.3) is 0 Å². The van der Waals surface area contributed by atoms with Crippen LogP contribution in [0.4, 0.5) is 0 Å². The largest absolute Gasteiger partial charge is 0.458 e. The maximum absolute atomic E-state index is 12.6. The number of hydrogen-bond acceptors (Lipinski definition) is 4. The van der Waals surface area contributed by atoms with E-state index in [1.165, 1.54) is 0 Å². The van der Waals surface area contributed by atoms with Crippen LogP contribution < -0.4 is 10.6 Å². The van der Waals surface area contributed by atoms with E-state index in [1.54, 1.807) is 0 Å². The molecule has 0 aliphatic carbocycles. The summed E-state index contributed by atoms with van der Waals surface area (Å²) in [6.07, 6.45) is 0. The van der Waals surface area contributed by atoms with Gasteiger partial charge in [0, 0.05) is 19.6 Å². The van der Waals surface area contributed by atoms with Crippen molar-refractivity contribution in [2.75, 3.05) is 19.6 Å². The summed E-state index contributed by atoms with van der Waals surface area (Å²) in [4.78, 5) is 12.6. The predicted molar refractivity (Wildman–Crippen MR) is 74.8 cm³/mol. The Morgan fingerprint density at radius 2 is 1.89 bits per heavy atom. The first-order chi connectivity index (χ1) is 8.94. The van der Waals surface area contributed by atoms with E-state index in [-0.39, 0.29) is 5.97 Å². The number of ether oxygens (including phenoxy) is 1. The third-order valence-electron chi connectivity index (χ3n) is 3.13. The highest BCUT2D eigenvalue weighted by molar-refractivity contribution is 5.83. The van der Waals surface area contributed by atoms with Crippen molar-refractivity contribution in [2.45, 2.75) is 31.9 Å². The van der Waals surface area contributed by atoms with Gasteiger partial charge in [0.15, 0.2) is 5.54 Å². The molecule has 1 atom stereocenters. The Hall–Kier alpha value is -1.39. The van der Waals surface area contributed by atoms with Crippen molar-refractivity contribution < 1.29 is 9.53 Å². The van der Waals surface area contributed by atoms with Crippen molar-refractivity contribution in [3.8, 4) is 0 Å². The van der Waals surface area contributed by atoms with E-state index in [9.17, 15) is 4.79 Å². The van der Waals surface area contributed by atoms with E-state index < -0.39 is 11.1 Å². The Bertz CT molecular complexity index is 431. The molecule has 1 aliphatic rings. The van der Waals surface area contributed by atoms with Crippen molar-refractivity contribution in [3.63, 3.8) is 0 Å². The normalized spacial score (nSPS) is 23.9. The average molecular weight is 262 g/mol. The fourth-order valence-electron chi connectivity index (χ4n) is 2.26. The molecule has 4 nitrogen and oxygen atoms in total. The van der Waals surface area contributed by atoms with Gasteiger partial charge in [-0.1, -0.05) is 30.3 Å². The molecule has 1 fully saturated rings. The van der Waals surface area contributed by atoms with Gasteiger partial charge in [0.2, 0.25) is 0 Å². The Labute approximate surface area is 114 Å². The molecule has 19 heavy (non-hydrogen) atoms. The first-order valence-electron chi connectivity index (χ1n) is 6.69. The van der Waals surface area contributed by atoms with Crippen molar-refractivity contribution in [1.29, 1.82) is 0 Å². The van der Waals surface area contributed by atoms with Gasteiger partial charge < -0.3 is 10.1 Å². The van der Waals surface area contributed by atoms with Crippen LogP contribution in [0.5, 0.6) is 0 Å². The van der Waals surface area contributed by atoms with Crippen LogP contribution in [0.1, 0.15) is 26.3 Å². The highest BCUT2D eigenvalue weighted by Crippen LogP contribution is 2.26. The molecule has 2 N–H and O–H groups in total. The van der Waals surface area contributed by atoms with Crippen LogP contribution in [-0.2, 0) is 15.1 Å². The number of benzene rings is 1. The summed E-state index contributed by atoms with van der Waals surface area (Å²) in [5, 5.41) is 6.61. The maximum atomic E-state index is 12.6. The number of piperazine rings is 1. The van der Waals surface area contributed by atoms with Gasteiger partial charge in [0.25, 0.3) is 0 Å². The minimum absolute atomic E-state index is 0.224. The van der Waals surface area contributed by atoms with E-state index >= 15 is 0 Å². The van der Waals surface area contributed by atoms with Gasteiger partial charge in [-0.25, -0.2) is 4.79 Å². The average Bonchev–Trinajstić information content (AvgIpc) is 2.38. The van der Waals surface area contributed by atoms with Gasteiger partial charge in [0.1, 0.15) is 5.60 Å². The molecule has 1 saturated heterocycles. The predicted octanol–water partition coefficient (Wildman–Crippen LogP) is 1.42. The van der Waals surface area contributed by atoms with E-state index in [2.05, 4.69) is 10.6 Å². The van der Waals surface area contributed by atoms with Crippen LogP contribution in [-0.4, -0.2) is 31.2 Å². The van der Waals surface area contributed by atoms with Crippen LogP contribution >= 0.6 is 0 Å². The van der Waals surface area contributed by atoms with Gasteiger partial charge in [-0.05, 0) is 26.3 Å². The third-order valence-corrected chi connectivity index (χ3v) is 3.13. The van der Waals surface area contributed by atoms with Crippen LogP contribution in [0.3, 0.4) is 0 Å². The molecule has 0 aromatic heterocycles. The molecule has 1 aliphatic heterocycles. The maximum Gasteiger partial charge on any atom is 0.332 e. The fourth-order valence-corrected chi connectivity index (χ4v) is 2.26. The molecule has 1 unspecified atom stereocenters. The number of carbonyl (C=O) groups is 1. The highest BCUT2D eigenvalue weighted by atomic mass is 16.6. The summed E-state index contributed by atoms with van der Waals surface area (Å²) in [6.45, 7) is 7.82. The van der Waals surface area contributed by atoms with Crippen molar-refractivity contribution in [1.82, 2.24) is 10.6 Å². The Balaban J connectivity index is 2.32. The SMILES string of the molecule is CC(C)(C)OC(=O)C1(c2ccccc2)CNCCN1. The van der Waals surface area contributed by atoms with E-state index in [1.807, 2.05) is 51.1 Å². The van der Waals surface area contributed by atoms with E-state index in [0.29, 0.717) is 6.54 Å². The van der Waals surface area contributed by atoms with E-state index in [0.717, 1.165) is 18.7 Å². The molecule has 0 radical (unpaired) electrons. The number of esters is 1. The Morgan fingerprint density at radius 1 is 1.21 bits per heavy atom. The molecule has 4 heteroatoms. The lowest BCUT2D eigenvalue weighted by Gasteiger charge is -2.38. The molecule has 104 valence electrons. The Kier molecular flexibility index (Phi) is 3.92. The lowest BCUT2D eigenvalue weighted by molar-refractivity contribution is -0.164. The van der Waals surface area contributed by atoms with Crippen LogP contribution in [0.15, 0.2) is 30.3 Å². The topological polar surface area (TPSA) is 50.4 Å². The van der Waals surface area contributed by atoms with Gasteiger partial charge in [-0.15, -0.1) is 0 Å². The summed E-state index contributed by atoms with van der Waals surface area (Å²) in [7, 11) is 0. The minimum atomic E-state index is -0.785. The number of carbonyl (C=O) groups excluding carboxylic acids is 1. The molecule has 0 saturated carbocycles. The molecule has 2 rings (SSSR count). The number of hydrogen-bond donors (Lipinski definition) is 2. The monoisotopic (exact) mass is 262 g/mol. The molecule has 0 amide bonds. The first-order valence-corrected chi connectivity index (χ1v) is 6.69. The number of nitrogens with one attached hydrogen (secondary N) is 2. The van der Waals surface area contributed by atoms with Gasteiger partial charge in [-0.2, -0.15) is 0 Å². The molecule has 1 aromatic rings. The smallest absolute Gasteiger partial charge is 0.332 e. The number of rotatable bonds is 2. The standard InChI is InChI=1S/C15H22N2O2/c1-14(2,3)19-13(18)15(11-16-9-10-17-15)12-7-5-4-6-8-12/h4-8,16-17H,9-11H2,1-3H3. The molecule has 0 spiro atoms. The van der Waals surface area contributed by atoms with Crippen LogP contribution in [0.2, 0.25) is 0 Å². The zero-order valence-electron chi connectivity index (χ0n) is 11.8. The minimum Gasteiger partial charge on any atom is -0.458 e. The summed E-state index contributed by atoms with van der Waals surface area (Å²) in [5.74, 6) is -0.224. The van der Waals surface area contributed by atoms with Crippen molar-refractivity contribution >= 4 is 5.97 Å². The lowest BCUT2D eigenvalue weighted by Crippen LogP contribution is -2.62. The first kappa shape index (κ1) is 14.0. The van der Waals surface area contributed by atoms with Crippen molar-refractivity contribution in [2.24, 2.45) is 0 Å². The van der Waals surface area contributed by atoms with Crippen molar-refractivity contribution in [3.05, 3.63) is 35.9 Å². The molecular weight excluding hydrogens is 240 g/mol. The summed E-state index contributed by atoms with van der Waals surface area (Å²) in [6, 6.07) is 9.76. The zero-order valence-corrected chi connectivity index (χ0v) is 11.8. The third kappa shape index (κ3) is 3.14. The second kappa shape index (κ2) is 5.31. The second-order valence-electron chi connectivity index (χ2n) is 5.88. The van der Waals surface area contributed by atoms with Gasteiger partial charge in [0.05, 0.1) is 0 Å². The zero-order chi connectivity index (χ0) is 13.9. The summed E-state index contributed by atoms with van der Waals surface area (Å²) >= 11 is 0. The van der Waals surface area contributed by atoms with Crippen LogP contribution in [0, 0.1) is 0 Å². The molecule has 1 aromatic carbocycles. The van der Waals surface area contributed by atoms with Gasteiger partial charge >= 0.3 is 5.97 Å². The second-order valence-corrected chi connectivity index (χ2v) is 5.88. The quantitative estimate of drug-likeness (QED) is 0.791. The molecular formula is C15H22N2O2. The van der Waals surface area contributed by atoms with E-state index in [4.69, 9.17) is 4.74 Å². The summed E-state index contributed by atoms with van der Waals surface area (Å²) in [5.41, 5.74) is -0.332. The molecule has 0 bridgehead atoms. The van der Waals surface area contributed by atoms with Gasteiger partial charge in [-0.3, -0.25) is 5.32 Å². The summed E-state index contributed by atoms with van der Waals surface area (Å²) < 4.78 is 5.59. The Morgan fingerprint density at radius 3 is 2.42 bits per heavy atom. The lowest BCUT2D eigenvalue weighted by atomic mass is 9.88.